The molecule has 0 spiro atoms. The molecule has 11 heavy (non-hydrogen) atoms. The lowest BCUT2D eigenvalue weighted by atomic mass is 10.0. The number of hydrogen-bond donors (Lipinski definition) is 1. The average molecular weight is 178 g/mol. The topological polar surface area (TPSA) is 54.4 Å². The summed E-state index contributed by atoms with van der Waals surface area (Å²) in [5, 5.41) is 8.90. The molecule has 0 aromatic rings. The standard InChI is InChI=1S/C7H14O3S/c1-6(8)2-3-7-4-11(9,10)5-7/h6-8H,2-5H2,1H3. The van der Waals surface area contributed by atoms with Gasteiger partial charge in [-0.05, 0) is 25.7 Å². The van der Waals surface area contributed by atoms with Crippen LogP contribution in [0.5, 0.6) is 0 Å². The minimum atomic E-state index is -2.66. The van der Waals surface area contributed by atoms with Gasteiger partial charge in [0.25, 0.3) is 0 Å². The summed E-state index contributed by atoms with van der Waals surface area (Å²) in [4.78, 5) is 0. The minimum absolute atomic E-state index is 0.293. The lowest BCUT2D eigenvalue weighted by Crippen LogP contribution is -2.36. The third-order valence-electron chi connectivity index (χ3n) is 1.97. The molecule has 0 radical (unpaired) electrons. The van der Waals surface area contributed by atoms with Crippen molar-refractivity contribution >= 4 is 9.84 Å². The van der Waals surface area contributed by atoms with E-state index in [9.17, 15) is 8.42 Å². The first-order chi connectivity index (χ1) is 4.99. The molecule has 1 saturated heterocycles. The molecular formula is C7H14O3S. The summed E-state index contributed by atoms with van der Waals surface area (Å²) in [6.07, 6.45) is 1.27. The average Bonchev–Trinajstić information content (AvgIpc) is 1.78. The van der Waals surface area contributed by atoms with E-state index < -0.39 is 9.84 Å². The van der Waals surface area contributed by atoms with E-state index in [1.54, 1.807) is 6.92 Å². The van der Waals surface area contributed by atoms with Crippen molar-refractivity contribution in [2.75, 3.05) is 11.5 Å². The molecule has 1 heterocycles. The Labute approximate surface area is 67.3 Å². The van der Waals surface area contributed by atoms with Gasteiger partial charge >= 0.3 is 0 Å². The van der Waals surface area contributed by atoms with Crippen LogP contribution in [0, 0.1) is 5.92 Å². The Morgan fingerprint density at radius 3 is 2.45 bits per heavy atom. The molecule has 1 atom stereocenters. The zero-order valence-electron chi connectivity index (χ0n) is 6.66. The molecule has 0 saturated carbocycles. The number of hydrogen-bond acceptors (Lipinski definition) is 3. The van der Waals surface area contributed by atoms with Crippen LogP contribution in [-0.2, 0) is 9.84 Å². The van der Waals surface area contributed by atoms with Crippen LogP contribution in [0.4, 0.5) is 0 Å². The van der Waals surface area contributed by atoms with Gasteiger partial charge in [0.2, 0.25) is 0 Å². The van der Waals surface area contributed by atoms with E-state index in [1.807, 2.05) is 0 Å². The van der Waals surface area contributed by atoms with Crippen LogP contribution < -0.4 is 0 Å². The first-order valence-corrected chi connectivity index (χ1v) is 5.70. The SMILES string of the molecule is CC(O)CCC1CS(=O)(=O)C1. The molecule has 4 heteroatoms. The zero-order valence-corrected chi connectivity index (χ0v) is 7.47. The Morgan fingerprint density at radius 2 is 2.09 bits per heavy atom. The molecule has 0 bridgehead atoms. The Hall–Kier alpha value is -0.0900. The van der Waals surface area contributed by atoms with Crippen molar-refractivity contribution in [2.45, 2.75) is 25.9 Å². The fourth-order valence-corrected chi connectivity index (χ4v) is 2.99. The van der Waals surface area contributed by atoms with Crippen LogP contribution in [0.25, 0.3) is 0 Å². The Kier molecular flexibility index (Phi) is 2.54. The summed E-state index contributed by atoms with van der Waals surface area (Å²) in [7, 11) is -2.66. The molecule has 0 amide bonds. The third-order valence-corrected chi connectivity index (χ3v) is 3.93. The third kappa shape index (κ3) is 2.79. The summed E-state index contributed by atoms with van der Waals surface area (Å²) in [5.41, 5.74) is 0. The van der Waals surface area contributed by atoms with Gasteiger partial charge in [-0.25, -0.2) is 8.42 Å². The van der Waals surface area contributed by atoms with Crippen molar-refractivity contribution in [3.63, 3.8) is 0 Å². The fraction of sp³-hybridized carbons (Fsp3) is 1.00. The molecule has 0 aromatic heterocycles. The lowest BCUT2D eigenvalue weighted by molar-refractivity contribution is 0.175. The second-order valence-corrected chi connectivity index (χ2v) is 5.52. The summed E-state index contributed by atoms with van der Waals surface area (Å²) in [6.45, 7) is 1.73. The number of rotatable bonds is 3. The van der Waals surface area contributed by atoms with E-state index in [0.717, 1.165) is 12.8 Å². The number of aliphatic hydroxyl groups excluding tert-OH is 1. The van der Waals surface area contributed by atoms with Gasteiger partial charge in [0, 0.05) is 0 Å². The van der Waals surface area contributed by atoms with Crippen LogP contribution in [0.2, 0.25) is 0 Å². The van der Waals surface area contributed by atoms with Gasteiger partial charge in [-0.3, -0.25) is 0 Å². The van der Waals surface area contributed by atoms with Crippen molar-refractivity contribution in [3.05, 3.63) is 0 Å². The van der Waals surface area contributed by atoms with E-state index in [1.165, 1.54) is 0 Å². The highest BCUT2D eigenvalue weighted by Gasteiger charge is 2.32. The molecule has 1 aliphatic heterocycles. The lowest BCUT2D eigenvalue weighted by Gasteiger charge is -2.25. The maximum absolute atomic E-state index is 10.7. The largest absolute Gasteiger partial charge is 0.393 e. The van der Waals surface area contributed by atoms with Crippen LogP contribution in [0.1, 0.15) is 19.8 Å². The van der Waals surface area contributed by atoms with Gasteiger partial charge in [-0.2, -0.15) is 0 Å². The van der Waals surface area contributed by atoms with Gasteiger partial charge in [-0.1, -0.05) is 0 Å². The molecule has 0 aromatic carbocycles. The van der Waals surface area contributed by atoms with Gasteiger partial charge in [0.15, 0.2) is 9.84 Å². The van der Waals surface area contributed by atoms with Gasteiger partial charge in [0.05, 0.1) is 17.6 Å². The minimum Gasteiger partial charge on any atom is -0.393 e. The Morgan fingerprint density at radius 1 is 1.55 bits per heavy atom. The van der Waals surface area contributed by atoms with Crippen LogP contribution in [0.15, 0.2) is 0 Å². The normalized spacial score (nSPS) is 26.0. The van der Waals surface area contributed by atoms with E-state index in [-0.39, 0.29) is 6.10 Å². The molecule has 1 fully saturated rings. The summed E-state index contributed by atoms with van der Waals surface area (Å²) < 4.78 is 21.4. The maximum Gasteiger partial charge on any atom is 0.150 e. The first kappa shape index (κ1) is 9.00. The Balaban J connectivity index is 2.14. The molecule has 1 rings (SSSR count). The highest BCUT2D eigenvalue weighted by Crippen LogP contribution is 2.23. The van der Waals surface area contributed by atoms with Crippen LogP contribution >= 0.6 is 0 Å². The number of sulfone groups is 1. The fourth-order valence-electron chi connectivity index (χ4n) is 1.31. The van der Waals surface area contributed by atoms with Crippen molar-refractivity contribution < 1.29 is 13.5 Å². The van der Waals surface area contributed by atoms with Crippen molar-refractivity contribution in [3.8, 4) is 0 Å². The van der Waals surface area contributed by atoms with Crippen LogP contribution in [-0.4, -0.2) is 31.1 Å². The smallest absolute Gasteiger partial charge is 0.150 e. The monoisotopic (exact) mass is 178 g/mol. The molecule has 1 aliphatic rings. The quantitative estimate of drug-likeness (QED) is 0.671. The maximum atomic E-state index is 10.7. The van der Waals surface area contributed by atoms with Gasteiger partial charge in [0.1, 0.15) is 0 Å². The zero-order chi connectivity index (χ0) is 8.48. The van der Waals surface area contributed by atoms with E-state index in [2.05, 4.69) is 0 Å². The van der Waals surface area contributed by atoms with Gasteiger partial charge < -0.3 is 5.11 Å². The summed E-state index contributed by atoms with van der Waals surface area (Å²) in [5.74, 6) is 0.981. The highest BCUT2D eigenvalue weighted by atomic mass is 32.2. The molecular weight excluding hydrogens is 164 g/mol. The van der Waals surface area contributed by atoms with Crippen molar-refractivity contribution in [2.24, 2.45) is 5.92 Å². The van der Waals surface area contributed by atoms with E-state index in [0.29, 0.717) is 17.4 Å². The summed E-state index contributed by atoms with van der Waals surface area (Å²) in [6, 6.07) is 0. The van der Waals surface area contributed by atoms with E-state index in [4.69, 9.17) is 5.11 Å². The predicted octanol–water partition coefficient (Wildman–Crippen LogP) is 0.192. The highest BCUT2D eigenvalue weighted by molar-refractivity contribution is 7.92. The summed E-state index contributed by atoms with van der Waals surface area (Å²) >= 11 is 0. The van der Waals surface area contributed by atoms with Crippen LogP contribution in [0.3, 0.4) is 0 Å². The van der Waals surface area contributed by atoms with E-state index >= 15 is 0 Å². The predicted molar refractivity (Wildman–Crippen MR) is 43.1 cm³/mol. The first-order valence-electron chi connectivity index (χ1n) is 3.88. The number of aliphatic hydroxyl groups is 1. The molecule has 0 aliphatic carbocycles. The second kappa shape index (κ2) is 3.11. The molecule has 66 valence electrons. The Bertz CT molecular complexity index is 206. The molecule has 1 N–H and O–H groups in total. The van der Waals surface area contributed by atoms with Crippen molar-refractivity contribution in [1.29, 1.82) is 0 Å². The van der Waals surface area contributed by atoms with Crippen molar-refractivity contribution in [1.82, 2.24) is 0 Å². The molecule has 1 unspecified atom stereocenters. The molecule has 3 nitrogen and oxygen atoms in total. The van der Waals surface area contributed by atoms with Gasteiger partial charge in [-0.15, -0.1) is 0 Å². The second-order valence-electron chi connectivity index (χ2n) is 3.37.